The minimum atomic E-state index is -4.34. The molecule has 3 N–H and O–H groups in total. The highest BCUT2D eigenvalue weighted by molar-refractivity contribution is 7.52. The second kappa shape index (κ2) is 16.3. The lowest BCUT2D eigenvalue weighted by molar-refractivity contribution is -0.140. The van der Waals surface area contributed by atoms with Crippen molar-refractivity contribution in [2.24, 2.45) is 0 Å². The normalized spacial score (nSPS) is 15.5. The van der Waals surface area contributed by atoms with Crippen LogP contribution in [0.2, 0.25) is 0 Å². The summed E-state index contributed by atoms with van der Waals surface area (Å²) in [5.74, 6) is -1.68. The van der Waals surface area contributed by atoms with Gasteiger partial charge < -0.3 is 34.4 Å². The molecule has 1 fully saturated rings. The summed E-state index contributed by atoms with van der Waals surface area (Å²) in [5.41, 5.74) is 1.19. The maximum Gasteiger partial charge on any atom is 0.417 e. The summed E-state index contributed by atoms with van der Waals surface area (Å²) in [6.07, 6.45) is 0.721. The molecule has 13 nitrogen and oxygen atoms in total. The highest BCUT2D eigenvalue weighted by Gasteiger charge is 2.35. The van der Waals surface area contributed by atoms with Gasteiger partial charge in [0.1, 0.15) is 11.7 Å². The third-order valence-electron chi connectivity index (χ3n) is 6.18. The van der Waals surface area contributed by atoms with Gasteiger partial charge in [-0.1, -0.05) is 43.7 Å². The summed E-state index contributed by atoms with van der Waals surface area (Å²) in [5, 5.41) is 5.52. The Balaban J connectivity index is 1.85. The molecule has 1 aliphatic rings. The standard InChI is InChI=1S/C27H38N5O8P/c1-3-4-17-39-41(36,37)19-23(26(34)40-27(35)32-14-12-28-13-15-32)31-25(33)22-18-21(11-8-16-38-2)29-24(30-22)20-9-6-5-7-10-20/h5-7,9-10,18,23,28H,3-4,8,11-17,19H2,1-2H3,(H,31,33)(H,36,37). The van der Waals surface area contributed by atoms with Gasteiger partial charge in [-0.15, -0.1) is 0 Å². The molecule has 0 aliphatic carbocycles. The molecule has 2 atom stereocenters. The first-order chi connectivity index (χ1) is 19.7. The Kier molecular flexibility index (Phi) is 12.8. The molecule has 1 aromatic heterocycles. The summed E-state index contributed by atoms with van der Waals surface area (Å²) >= 11 is 0. The Morgan fingerprint density at radius 1 is 1.12 bits per heavy atom. The fraction of sp³-hybridized carbons (Fsp3) is 0.519. The number of nitrogens with one attached hydrogen (secondary N) is 2. The highest BCUT2D eigenvalue weighted by Crippen LogP contribution is 2.42. The van der Waals surface area contributed by atoms with Crippen molar-refractivity contribution >= 4 is 25.6 Å². The van der Waals surface area contributed by atoms with Crippen LogP contribution in [0.15, 0.2) is 36.4 Å². The Bertz CT molecular complexity index is 1210. The SMILES string of the molecule is CCCCOP(=O)(O)CC(NC(=O)c1cc(CCCOC)nc(-c2ccccc2)n1)C(=O)OC(=O)N1CCNCC1. The minimum Gasteiger partial charge on any atom is -0.385 e. The van der Waals surface area contributed by atoms with E-state index in [0.717, 1.165) is 6.42 Å². The molecule has 0 radical (unpaired) electrons. The number of carbonyl (C=O) groups excluding carboxylic acids is 3. The van der Waals surface area contributed by atoms with Gasteiger partial charge in [0.25, 0.3) is 5.91 Å². The van der Waals surface area contributed by atoms with Gasteiger partial charge in [-0.25, -0.2) is 19.6 Å². The monoisotopic (exact) mass is 591 g/mol. The number of amides is 2. The van der Waals surface area contributed by atoms with Crippen molar-refractivity contribution in [1.82, 2.24) is 25.5 Å². The van der Waals surface area contributed by atoms with Crippen molar-refractivity contribution in [1.29, 1.82) is 0 Å². The smallest absolute Gasteiger partial charge is 0.385 e. The van der Waals surface area contributed by atoms with Gasteiger partial charge in [0, 0.05) is 51.2 Å². The lowest BCUT2D eigenvalue weighted by atomic mass is 10.1. The molecule has 2 amide bonds. The third-order valence-corrected chi connectivity index (χ3v) is 7.59. The third kappa shape index (κ3) is 10.6. The molecule has 1 saturated heterocycles. The molecular weight excluding hydrogens is 553 g/mol. The molecule has 14 heteroatoms. The fourth-order valence-electron chi connectivity index (χ4n) is 3.97. The molecule has 0 saturated carbocycles. The maximum absolute atomic E-state index is 13.4. The van der Waals surface area contributed by atoms with Gasteiger partial charge in [-0.2, -0.15) is 0 Å². The number of unbranched alkanes of at least 4 members (excludes halogenated alkanes) is 1. The van der Waals surface area contributed by atoms with Crippen molar-refractivity contribution in [2.75, 3.05) is 52.7 Å². The summed E-state index contributed by atoms with van der Waals surface area (Å²) in [4.78, 5) is 59.7. The number of hydrogen-bond donors (Lipinski definition) is 3. The van der Waals surface area contributed by atoms with Gasteiger partial charge in [0.2, 0.25) is 0 Å². The van der Waals surface area contributed by atoms with Crippen molar-refractivity contribution in [3.63, 3.8) is 0 Å². The number of carbonyl (C=O) groups is 3. The molecule has 224 valence electrons. The number of aromatic nitrogens is 2. The van der Waals surface area contributed by atoms with Gasteiger partial charge in [-0.05, 0) is 25.3 Å². The van der Waals surface area contributed by atoms with Gasteiger partial charge in [0.05, 0.1) is 12.8 Å². The van der Waals surface area contributed by atoms with E-state index in [1.807, 2.05) is 25.1 Å². The van der Waals surface area contributed by atoms with Crippen LogP contribution in [0, 0.1) is 0 Å². The zero-order chi connectivity index (χ0) is 29.7. The topological polar surface area (TPSA) is 169 Å². The van der Waals surface area contributed by atoms with E-state index in [1.54, 1.807) is 19.2 Å². The number of ether oxygens (including phenoxy) is 2. The van der Waals surface area contributed by atoms with Crippen molar-refractivity contribution in [3.8, 4) is 11.4 Å². The zero-order valence-electron chi connectivity index (χ0n) is 23.4. The van der Waals surface area contributed by atoms with Crippen molar-refractivity contribution < 1.29 is 37.8 Å². The average Bonchev–Trinajstić information content (AvgIpc) is 2.97. The van der Waals surface area contributed by atoms with Gasteiger partial charge >= 0.3 is 19.7 Å². The fourth-order valence-corrected chi connectivity index (χ4v) is 5.19. The first-order valence-electron chi connectivity index (χ1n) is 13.6. The summed E-state index contributed by atoms with van der Waals surface area (Å²) in [6, 6.07) is 8.90. The average molecular weight is 592 g/mol. The first kappa shape index (κ1) is 32.3. The van der Waals surface area contributed by atoms with E-state index in [4.69, 9.17) is 14.0 Å². The van der Waals surface area contributed by atoms with Crippen molar-refractivity contribution in [2.45, 2.75) is 38.6 Å². The molecule has 1 aromatic carbocycles. The van der Waals surface area contributed by atoms with E-state index in [2.05, 4.69) is 20.6 Å². The Labute approximate surface area is 239 Å². The maximum atomic E-state index is 13.4. The first-order valence-corrected chi connectivity index (χ1v) is 15.4. The van der Waals surface area contributed by atoms with E-state index in [-0.39, 0.29) is 12.3 Å². The number of hydrogen-bond acceptors (Lipinski definition) is 10. The molecule has 2 unspecified atom stereocenters. The largest absolute Gasteiger partial charge is 0.417 e. The number of methoxy groups -OCH3 is 1. The van der Waals surface area contributed by atoms with Crippen LogP contribution in [0.25, 0.3) is 11.4 Å². The summed E-state index contributed by atoms with van der Waals surface area (Å²) in [7, 11) is -2.75. The molecule has 2 heterocycles. The molecule has 41 heavy (non-hydrogen) atoms. The van der Waals surface area contributed by atoms with E-state index >= 15 is 0 Å². The van der Waals surface area contributed by atoms with E-state index in [0.29, 0.717) is 69.1 Å². The van der Waals surface area contributed by atoms with Crippen LogP contribution >= 0.6 is 7.60 Å². The van der Waals surface area contributed by atoms with Crippen LogP contribution in [0.3, 0.4) is 0 Å². The highest BCUT2D eigenvalue weighted by atomic mass is 31.2. The van der Waals surface area contributed by atoms with Crippen LogP contribution < -0.4 is 10.6 Å². The number of piperazine rings is 1. The van der Waals surface area contributed by atoms with Crippen molar-refractivity contribution in [3.05, 3.63) is 47.8 Å². The second-order valence-electron chi connectivity index (χ2n) is 9.49. The van der Waals surface area contributed by atoms with Gasteiger partial charge in [0.15, 0.2) is 5.82 Å². The van der Waals surface area contributed by atoms with Crippen LogP contribution in [-0.2, 0) is 29.8 Å². The van der Waals surface area contributed by atoms with Crippen LogP contribution in [0.4, 0.5) is 4.79 Å². The Hall–Kier alpha value is -3.22. The predicted octanol–water partition coefficient (Wildman–Crippen LogP) is 2.39. The molecule has 0 bridgehead atoms. The Morgan fingerprint density at radius 3 is 2.54 bits per heavy atom. The lowest BCUT2D eigenvalue weighted by Gasteiger charge is -2.27. The summed E-state index contributed by atoms with van der Waals surface area (Å²) < 4.78 is 28.0. The van der Waals surface area contributed by atoms with Gasteiger partial charge in [-0.3, -0.25) is 9.36 Å². The Morgan fingerprint density at radius 2 is 1.85 bits per heavy atom. The minimum absolute atomic E-state index is 0.00309. The molecule has 1 aliphatic heterocycles. The quantitative estimate of drug-likeness (QED) is 0.128. The molecule has 3 rings (SSSR count). The summed E-state index contributed by atoms with van der Waals surface area (Å²) in [6.45, 7) is 4.10. The number of nitrogens with zero attached hydrogens (tertiary/aromatic N) is 3. The molecule has 0 spiro atoms. The molecule has 2 aromatic rings. The lowest BCUT2D eigenvalue weighted by Crippen LogP contribution is -2.50. The number of esters is 1. The number of aryl methyl sites for hydroxylation is 1. The second-order valence-corrected chi connectivity index (χ2v) is 11.4. The van der Waals surface area contributed by atoms with E-state index in [1.165, 1.54) is 11.0 Å². The van der Waals surface area contributed by atoms with Crippen LogP contribution in [0.5, 0.6) is 0 Å². The zero-order valence-corrected chi connectivity index (χ0v) is 24.3. The predicted molar refractivity (Wildman–Crippen MR) is 150 cm³/mol. The number of rotatable bonds is 14. The molecular formula is C27H38N5O8P. The van der Waals surface area contributed by atoms with E-state index in [9.17, 15) is 23.8 Å². The van der Waals surface area contributed by atoms with E-state index < -0.39 is 37.8 Å². The number of benzene rings is 1. The van der Waals surface area contributed by atoms with Crippen LogP contribution in [-0.4, -0.2) is 96.4 Å². The van der Waals surface area contributed by atoms with Crippen LogP contribution in [0.1, 0.15) is 42.4 Å².